The zero-order chi connectivity index (χ0) is 10.1. The molecule has 1 aromatic rings. The van der Waals surface area contributed by atoms with E-state index in [4.69, 9.17) is 16.7 Å². The van der Waals surface area contributed by atoms with Crippen molar-refractivity contribution >= 4 is 17.6 Å². The summed E-state index contributed by atoms with van der Waals surface area (Å²) in [6.07, 6.45) is -0.991. The molecule has 0 unspecified atom stereocenters. The lowest BCUT2D eigenvalue weighted by molar-refractivity contribution is -0.164. The second-order valence-corrected chi connectivity index (χ2v) is 2.76. The van der Waals surface area contributed by atoms with Crippen LogP contribution in [0.15, 0.2) is 16.5 Å². The molecular formula is C7H5ClF2O3. The Balaban J connectivity index is 2.74. The minimum atomic E-state index is -3.82. The molecule has 0 saturated carbocycles. The van der Waals surface area contributed by atoms with Crippen molar-refractivity contribution in [3.63, 3.8) is 0 Å². The van der Waals surface area contributed by atoms with E-state index in [0.29, 0.717) is 0 Å². The van der Waals surface area contributed by atoms with Crippen LogP contribution in [-0.2, 0) is 11.2 Å². The summed E-state index contributed by atoms with van der Waals surface area (Å²) < 4.78 is 29.7. The van der Waals surface area contributed by atoms with Crippen LogP contribution in [0, 0.1) is 0 Å². The number of carbonyl (C=O) groups is 1. The maximum absolute atomic E-state index is 12.5. The molecule has 0 aliphatic heterocycles. The van der Waals surface area contributed by atoms with Crippen molar-refractivity contribution in [2.45, 2.75) is 12.3 Å². The molecule has 0 bridgehead atoms. The summed E-state index contributed by atoms with van der Waals surface area (Å²) >= 11 is 5.31. The standard InChI is InChI=1S/C7H5ClF2O3/c8-5-2-1-4(13-5)3-7(9,10)6(11)12/h1-2H,3H2,(H,11,12). The van der Waals surface area contributed by atoms with E-state index < -0.39 is 18.3 Å². The quantitative estimate of drug-likeness (QED) is 0.832. The van der Waals surface area contributed by atoms with Crippen molar-refractivity contribution in [2.24, 2.45) is 0 Å². The number of furan rings is 1. The zero-order valence-electron chi connectivity index (χ0n) is 6.26. The van der Waals surface area contributed by atoms with Crippen LogP contribution in [-0.4, -0.2) is 17.0 Å². The van der Waals surface area contributed by atoms with E-state index in [9.17, 15) is 13.6 Å². The fraction of sp³-hybridized carbons (Fsp3) is 0.286. The summed E-state index contributed by atoms with van der Waals surface area (Å²) in [5.41, 5.74) is 0. The van der Waals surface area contributed by atoms with Crippen LogP contribution < -0.4 is 0 Å². The molecule has 0 aliphatic carbocycles. The highest BCUT2D eigenvalue weighted by molar-refractivity contribution is 6.28. The molecule has 1 rings (SSSR count). The first-order chi connectivity index (χ1) is 5.92. The Morgan fingerprint density at radius 2 is 2.23 bits per heavy atom. The van der Waals surface area contributed by atoms with E-state index in [2.05, 4.69) is 4.42 Å². The van der Waals surface area contributed by atoms with E-state index >= 15 is 0 Å². The average molecular weight is 211 g/mol. The number of aliphatic carboxylic acids is 1. The van der Waals surface area contributed by atoms with Gasteiger partial charge in [0.05, 0.1) is 6.42 Å². The van der Waals surface area contributed by atoms with Crippen molar-refractivity contribution in [1.82, 2.24) is 0 Å². The predicted molar refractivity (Wildman–Crippen MR) is 40.0 cm³/mol. The SMILES string of the molecule is O=C(O)C(F)(F)Cc1ccc(Cl)o1. The smallest absolute Gasteiger partial charge is 0.375 e. The van der Waals surface area contributed by atoms with Crippen LogP contribution in [0.4, 0.5) is 8.78 Å². The molecule has 6 heteroatoms. The molecule has 1 N–H and O–H groups in total. The summed E-state index contributed by atoms with van der Waals surface area (Å²) in [5.74, 6) is -6.15. The maximum atomic E-state index is 12.5. The van der Waals surface area contributed by atoms with Crippen LogP contribution >= 0.6 is 11.6 Å². The van der Waals surface area contributed by atoms with Gasteiger partial charge in [0.2, 0.25) is 0 Å². The molecule has 0 atom stereocenters. The fourth-order valence-electron chi connectivity index (χ4n) is 0.741. The Kier molecular flexibility index (Phi) is 2.56. The van der Waals surface area contributed by atoms with Gasteiger partial charge in [0.15, 0.2) is 5.22 Å². The predicted octanol–water partition coefficient (Wildman–Crippen LogP) is 2.20. The Hall–Kier alpha value is -1.10. The summed E-state index contributed by atoms with van der Waals surface area (Å²) in [4.78, 5) is 10.0. The van der Waals surface area contributed by atoms with Gasteiger partial charge < -0.3 is 9.52 Å². The highest BCUT2D eigenvalue weighted by Crippen LogP contribution is 2.23. The molecular weight excluding hydrogens is 206 g/mol. The minimum Gasteiger partial charge on any atom is -0.477 e. The Morgan fingerprint density at radius 3 is 2.62 bits per heavy atom. The van der Waals surface area contributed by atoms with Crippen molar-refractivity contribution in [3.05, 3.63) is 23.1 Å². The monoisotopic (exact) mass is 210 g/mol. The largest absolute Gasteiger partial charge is 0.477 e. The molecule has 1 aromatic heterocycles. The number of alkyl halides is 2. The van der Waals surface area contributed by atoms with Gasteiger partial charge >= 0.3 is 11.9 Å². The number of carboxylic acid groups (broad SMARTS) is 1. The average Bonchev–Trinajstić information content (AvgIpc) is 2.34. The van der Waals surface area contributed by atoms with Gasteiger partial charge in [0.25, 0.3) is 0 Å². The van der Waals surface area contributed by atoms with Gasteiger partial charge in [0, 0.05) is 0 Å². The molecule has 72 valence electrons. The maximum Gasteiger partial charge on any atom is 0.375 e. The van der Waals surface area contributed by atoms with Crippen LogP contribution in [0.5, 0.6) is 0 Å². The molecule has 0 amide bonds. The van der Waals surface area contributed by atoms with E-state index in [-0.39, 0.29) is 11.0 Å². The van der Waals surface area contributed by atoms with Gasteiger partial charge in [-0.1, -0.05) is 0 Å². The molecule has 0 aromatic carbocycles. The van der Waals surface area contributed by atoms with E-state index in [1.165, 1.54) is 12.1 Å². The van der Waals surface area contributed by atoms with Crippen molar-refractivity contribution in [3.8, 4) is 0 Å². The number of halogens is 3. The lowest BCUT2D eigenvalue weighted by Crippen LogP contribution is -2.30. The summed E-state index contributed by atoms with van der Waals surface area (Å²) in [7, 11) is 0. The third-order valence-corrected chi connectivity index (χ3v) is 1.54. The van der Waals surface area contributed by atoms with Crippen molar-refractivity contribution < 1.29 is 23.1 Å². The molecule has 0 spiro atoms. The number of carboxylic acids is 1. The molecule has 0 fully saturated rings. The van der Waals surface area contributed by atoms with E-state index in [0.717, 1.165) is 0 Å². The Labute approximate surface area is 76.9 Å². The zero-order valence-corrected chi connectivity index (χ0v) is 7.02. The van der Waals surface area contributed by atoms with Gasteiger partial charge in [-0.05, 0) is 23.7 Å². The Morgan fingerprint density at radius 1 is 1.62 bits per heavy atom. The van der Waals surface area contributed by atoms with Gasteiger partial charge in [-0.3, -0.25) is 0 Å². The van der Waals surface area contributed by atoms with E-state index in [1.807, 2.05) is 0 Å². The van der Waals surface area contributed by atoms with Gasteiger partial charge in [-0.15, -0.1) is 0 Å². The van der Waals surface area contributed by atoms with Crippen molar-refractivity contribution in [1.29, 1.82) is 0 Å². The van der Waals surface area contributed by atoms with Crippen LogP contribution in [0.3, 0.4) is 0 Å². The molecule has 3 nitrogen and oxygen atoms in total. The van der Waals surface area contributed by atoms with Gasteiger partial charge in [-0.25, -0.2) is 4.79 Å². The molecule has 0 saturated heterocycles. The second kappa shape index (κ2) is 3.33. The fourth-order valence-corrected chi connectivity index (χ4v) is 0.903. The molecule has 1 heterocycles. The molecule has 13 heavy (non-hydrogen) atoms. The normalized spacial score (nSPS) is 11.6. The van der Waals surface area contributed by atoms with Crippen molar-refractivity contribution in [2.75, 3.05) is 0 Å². The molecule has 0 aliphatic rings. The number of hydrogen-bond acceptors (Lipinski definition) is 2. The van der Waals surface area contributed by atoms with Crippen LogP contribution in [0.2, 0.25) is 5.22 Å². The first kappa shape index (κ1) is 9.98. The van der Waals surface area contributed by atoms with E-state index in [1.54, 1.807) is 0 Å². The summed E-state index contributed by atoms with van der Waals surface area (Å²) in [6.45, 7) is 0. The minimum absolute atomic E-state index is 0.0452. The summed E-state index contributed by atoms with van der Waals surface area (Å²) in [5, 5.41) is 8.04. The first-order valence-corrected chi connectivity index (χ1v) is 3.65. The lowest BCUT2D eigenvalue weighted by atomic mass is 10.2. The number of hydrogen-bond donors (Lipinski definition) is 1. The van der Waals surface area contributed by atoms with Gasteiger partial charge in [-0.2, -0.15) is 8.78 Å². The highest BCUT2D eigenvalue weighted by atomic mass is 35.5. The van der Waals surface area contributed by atoms with Gasteiger partial charge in [0.1, 0.15) is 5.76 Å². The first-order valence-electron chi connectivity index (χ1n) is 3.27. The third-order valence-electron chi connectivity index (χ3n) is 1.34. The second-order valence-electron chi connectivity index (χ2n) is 2.39. The summed E-state index contributed by atoms with van der Waals surface area (Å²) in [6, 6.07) is 2.48. The topological polar surface area (TPSA) is 50.4 Å². The van der Waals surface area contributed by atoms with Crippen LogP contribution in [0.25, 0.3) is 0 Å². The lowest BCUT2D eigenvalue weighted by Gasteiger charge is -2.07. The molecule has 0 radical (unpaired) electrons. The van der Waals surface area contributed by atoms with Crippen LogP contribution in [0.1, 0.15) is 5.76 Å². The highest BCUT2D eigenvalue weighted by Gasteiger charge is 2.39. The number of rotatable bonds is 3. The third kappa shape index (κ3) is 2.42. The Bertz CT molecular complexity index is 321.